The molecule has 4 atom stereocenters. The summed E-state index contributed by atoms with van der Waals surface area (Å²) in [6.45, 7) is 3.68. The number of aromatic nitrogens is 4. The first-order chi connectivity index (χ1) is 14.9. The van der Waals surface area contributed by atoms with Gasteiger partial charge in [-0.2, -0.15) is 4.98 Å². The smallest absolute Gasteiger partial charge is 0.225 e. The number of rotatable bonds is 6. The molecule has 5 rings (SSSR count). The summed E-state index contributed by atoms with van der Waals surface area (Å²) in [4.78, 5) is 18.5. The molecule has 0 radical (unpaired) electrons. The summed E-state index contributed by atoms with van der Waals surface area (Å²) < 4.78 is 1.03. The minimum Gasteiger partial charge on any atom is -0.396 e. The number of fused-ring (bicyclic) bond motifs is 1. The van der Waals surface area contributed by atoms with Crippen molar-refractivity contribution in [2.24, 2.45) is 5.92 Å². The van der Waals surface area contributed by atoms with Gasteiger partial charge in [0.2, 0.25) is 5.95 Å². The summed E-state index contributed by atoms with van der Waals surface area (Å²) in [5.74, 6) is 0.728. The Bertz CT molecular complexity index is 1120. The molecule has 10 heteroatoms. The molecule has 0 bridgehead atoms. The Hall–Kier alpha value is -2.40. The number of aryl methyl sites for hydroxylation is 2. The van der Waals surface area contributed by atoms with Gasteiger partial charge in [-0.25, -0.2) is 9.97 Å². The third kappa shape index (κ3) is 3.84. The van der Waals surface area contributed by atoms with E-state index in [1.165, 1.54) is 0 Å². The number of aliphatic hydroxyl groups excluding tert-OH is 3. The van der Waals surface area contributed by atoms with Gasteiger partial charge in [0, 0.05) is 24.8 Å². The summed E-state index contributed by atoms with van der Waals surface area (Å²) in [6, 6.07) is 1.90. The van der Waals surface area contributed by atoms with E-state index in [4.69, 9.17) is 9.97 Å². The van der Waals surface area contributed by atoms with Crippen molar-refractivity contribution in [2.45, 2.75) is 57.4 Å². The highest BCUT2D eigenvalue weighted by Crippen LogP contribution is 2.38. The SMILES string of the molecule is Cc1nc(NC2CC2)nc(N[C@@H]2C[C@H](CO)[C@@H](O)[C@H]2O)c1-c1nc2c(C)nccc2s1. The lowest BCUT2D eigenvalue weighted by Crippen LogP contribution is -2.35. The second-order valence-electron chi connectivity index (χ2n) is 8.45. The van der Waals surface area contributed by atoms with Gasteiger partial charge in [-0.05, 0) is 39.2 Å². The number of anilines is 2. The zero-order chi connectivity index (χ0) is 21.7. The number of nitrogens with zero attached hydrogens (tertiary/aromatic N) is 4. The Morgan fingerprint density at radius 3 is 2.55 bits per heavy atom. The first-order valence-corrected chi connectivity index (χ1v) is 11.4. The van der Waals surface area contributed by atoms with Crippen molar-refractivity contribution in [2.75, 3.05) is 17.2 Å². The number of nitrogens with one attached hydrogen (secondary N) is 2. The van der Waals surface area contributed by atoms with Crippen molar-refractivity contribution < 1.29 is 15.3 Å². The van der Waals surface area contributed by atoms with Crippen LogP contribution in [0, 0.1) is 19.8 Å². The molecule has 3 heterocycles. The standard InChI is InChI=1S/C21H26N6O3S/c1-9-15(20-26-16-10(2)22-6-5-14(16)31-20)19(27-21(23-9)24-12-3-4-12)25-13-7-11(8-28)17(29)18(13)30/h5-6,11-13,17-18,28-30H,3-4,7-8H2,1-2H3,(H2,23,24,25,27)/t11-,13-,17-,18+/m1/s1. The van der Waals surface area contributed by atoms with Crippen LogP contribution in [-0.2, 0) is 0 Å². The average molecular weight is 443 g/mol. The molecule has 164 valence electrons. The van der Waals surface area contributed by atoms with Crippen molar-refractivity contribution >= 4 is 33.3 Å². The third-order valence-corrected chi connectivity index (χ3v) is 7.10. The average Bonchev–Trinajstić information content (AvgIpc) is 3.37. The molecule has 2 aliphatic carbocycles. The Kier molecular flexibility index (Phi) is 5.25. The van der Waals surface area contributed by atoms with E-state index in [0.29, 0.717) is 24.2 Å². The van der Waals surface area contributed by atoms with E-state index in [1.807, 2.05) is 19.9 Å². The van der Waals surface area contributed by atoms with Crippen LogP contribution in [-0.4, -0.2) is 66.2 Å². The van der Waals surface area contributed by atoms with Gasteiger partial charge < -0.3 is 26.0 Å². The quantitative estimate of drug-likeness (QED) is 0.387. The number of thiazole rings is 1. The van der Waals surface area contributed by atoms with E-state index >= 15 is 0 Å². The predicted octanol–water partition coefficient (Wildman–Crippen LogP) is 1.85. The number of hydrogen-bond acceptors (Lipinski definition) is 10. The maximum Gasteiger partial charge on any atom is 0.225 e. The maximum absolute atomic E-state index is 10.5. The van der Waals surface area contributed by atoms with Crippen LogP contribution in [0.2, 0.25) is 0 Å². The van der Waals surface area contributed by atoms with Crippen molar-refractivity contribution in [3.8, 4) is 10.6 Å². The van der Waals surface area contributed by atoms with Crippen LogP contribution < -0.4 is 10.6 Å². The highest BCUT2D eigenvalue weighted by atomic mass is 32.1. The molecule has 5 N–H and O–H groups in total. The first-order valence-electron chi connectivity index (χ1n) is 10.6. The Morgan fingerprint density at radius 2 is 1.87 bits per heavy atom. The van der Waals surface area contributed by atoms with Crippen LogP contribution in [0.5, 0.6) is 0 Å². The fraction of sp³-hybridized carbons (Fsp3) is 0.524. The van der Waals surface area contributed by atoms with Crippen LogP contribution in [0.25, 0.3) is 20.8 Å². The van der Waals surface area contributed by atoms with Crippen molar-refractivity contribution in [3.63, 3.8) is 0 Å². The summed E-state index contributed by atoms with van der Waals surface area (Å²) >= 11 is 1.55. The zero-order valence-corrected chi connectivity index (χ0v) is 18.2. The molecule has 3 aromatic heterocycles. The Morgan fingerprint density at radius 1 is 1.06 bits per heavy atom. The fourth-order valence-electron chi connectivity index (χ4n) is 4.12. The van der Waals surface area contributed by atoms with Crippen LogP contribution in [0.4, 0.5) is 11.8 Å². The molecule has 0 unspecified atom stereocenters. The fourth-order valence-corrected chi connectivity index (χ4v) is 5.23. The predicted molar refractivity (Wildman–Crippen MR) is 119 cm³/mol. The zero-order valence-electron chi connectivity index (χ0n) is 17.4. The van der Waals surface area contributed by atoms with Gasteiger partial charge in [0.15, 0.2) is 0 Å². The summed E-state index contributed by atoms with van der Waals surface area (Å²) in [5, 5.41) is 37.7. The van der Waals surface area contributed by atoms with Gasteiger partial charge in [0.05, 0.1) is 33.8 Å². The monoisotopic (exact) mass is 442 g/mol. The van der Waals surface area contributed by atoms with Gasteiger partial charge in [0.25, 0.3) is 0 Å². The second kappa shape index (κ2) is 7.94. The minimum atomic E-state index is -0.998. The lowest BCUT2D eigenvalue weighted by atomic mass is 10.1. The summed E-state index contributed by atoms with van der Waals surface area (Å²) in [7, 11) is 0. The van der Waals surface area contributed by atoms with Crippen LogP contribution >= 0.6 is 11.3 Å². The van der Waals surface area contributed by atoms with Crippen molar-refractivity contribution in [1.29, 1.82) is 0 Å². The molecule has 0 saturated heterocycles. The third-order valence-electron chi connectivity index (χ3n) is 6.06. The van der Waals surface area contributed by atoms with Crippen molar-refractivity contribution in [1.82, 2.24) is 19.9 Å². The molecule has 31 heavy (non-hydrogen) atoms. The summed E-state index contributed by atoms with van der Waals surface area (Å²) in [5.41, 5.74) is 3.26. The van der Waals surface area contributed by atoms with Crippen molar-refractivity contribution in [3.05, 3.63) is 23.7 Å². The van der Waals surface area contributed by atoms with E-state index < -0.39 is 18.2 Å². The van der Waals surface area contributed by atoms with Gasteiger partial charge in [-0.1, -0.05) is 0 Å². The molecule has 0 amide bonds. The maximum atomic E-state index is 10.5. The molecule has 0 aromatic carbocycles. The largest absolute Gasteiger partial charge is 0.396 e. The Balaban J connectivity index is 1.57. The normalized spacial score (nSPS) is 25.8. The highest BCUT2D eigenvalue weighted by Gasteiger charge is 2.41. The topological polar surface area (TPSA) is 136 Å². The molecule has 9 nitrogen and oxygen atoms in total. The second-order valence-corrected chi connectivity index (χ2v) is 9.48. The molecular weight excluding hydrogens is 416 g/mol. The van der Waals surface area contributed by atoms with E-state index in [1.54, 1.807) is 17.5 Å². The lowest BCUT2D eigenvalue weighted by molar-refractivity contribution is 0.00446. The molecule has 3 aromatic rings. The number of pyridine rings is 1. The molecule has 2 aliphatic rings. The van der Waals surface area contributed by atoms with Crippen LogP contribution in [0.3, 0.4) is 0 Å². The van der Waals surface area contributed by atoms with Gasteiger partial charge in [-0.15, -0.1) is 11.3 Å². The molecule has 2 fully saturated rings. The van der Waals surface area contributed by atoms with E-state index in [-0.39, 0.29) is 12.5 Å². The molecule has 0 aliphatic heterocycles. The summed E-state index contributed by atoms with van der Waals surface area (Å²) in [6.07, 6.45) is 2.44. The van der Waals surface area contributed by atoms with E-state index in [9.17, 15) is 15.3 Å². The van der Waals surface area contributed by atoms with E-state index in [0.717, 1.165) is 45.0 Å². The molecule has 2 saturated carbocycles. The van der Waals surface area contributed by atoms with Gasteiger partial charge in [-0.3, -0.25) is 4.98 Å². The number of hydrogen-bond donors (Lipinski definition) is 5. The molecular formula is C21H26N6O3S. The van der Waals surface area contributed by atoms with Crippen LogP contribution in [0.1, 0.15) is 30.7 Å². The highest BCUT2D eigenvalue weighted by molar-refractivity contribution is 7.21. The van der Waals surface area contributed by atoms with Gasteiger partial charge >= 0.3 is 0 Å². The lowest BCUT2D eigenvalue weighted by Gasteiger charge is -2.21. The Labute approximate surface area is 183 Å². The van der Waals surface area contributed by atoms with Crippen LogP contribution in [0.15, 0.2) is 12.3 Å². The van der Waals surface area contributed by atoms with Gasteiger partial charge in [0.1, 0.15) is 22.4 Å². The van der Waals surface area contributed by atoms with E-state index in [2.05, 4.69) is 20.6 Å². The number of aliphatic hydroxyl groups is 3. The molecule has 0 spiro atoms. The minimum absolute atomic E-state index is 0.176. The first kappa shape index (κ1) is 20.5.